The zero-order valence-electron chi connectivity index (χ0n) is 11.8. The number of ether oxygens (including phenoxy) is 1. The molecule has 0 aliphatic carbocycles. The monoisotopic (exact) mass is 368 g/mol. The summed E-state index contributed by atoms with van der Waals surface area (Å²) in [6.07, 6.45) is 7.32. The Bertz CT molecular complexity index is 214. The molecule has 0 amide bonds. The molecular weight excluding hydrogens is 339 g/mol. The molecule has 0 aromatic carbocycles. The van der Waals surface area contributed by atoms with Gasteiger partial charge in [0.1, 0.15) is 0 Å². The molecular formula is C13H28O2SSn. The van der Waals surface area contributed by atoms with Crippen LogP contribution in [0.25, 0.3) is 0 Å². The van der Waals surface area contributed by atoms with Gasteiger partial charge in [-0.1, -0.05) is 0 Å². The number of carbonyl (C=O) groups is 1. The Hall–Kier alpha value is 0.619. The van der Waals surface area contributed by atoms with E-state index < -0.39 is 18.4 Å². The van der Waals surface area contributed by atoms with Crippen LogP contribution >= 0.6 is 12.6 Å². The maximum atomic E-state index is 11.7. The molecule has 1 unspecified atom stereocenters. The summed E-state index contributed by atoms with van der Waals surface area (Å²) in [6.45, 7) is 2.79. The van der Waals surface area contributed by atoms with Gasteiger partial charge in [0.05, 0.1) is 0 Å². The fourth-order valence-electron chi connectivity index (χ4n) is 1.49. The third-order valence-corrected chi connectivity index (χ3v) is 13.5. The first kappa shape index (κ1) is 17.6. The van der Waals surface area contributed by atoms with Crippen LogP contribution in [-0.4, -0.2) is 34.2 Å². The Morgan fingerprint density at radius 1 is 1.12 bits per heavy atom. The Kier molecular flexibility index (Phi) is 9.88. The van der Waals surface area contributed by atoms with Crippen molar-refractivity contribution in [2.45, 2.75) is 63.5 Å². The Balaban J connectivity index is 3.52. The summed E-state index contributed by atoms with van der Waals surface area (Å²) in [4.78, 5) is 18.3. The second-order valence-corrected chi connectivity index (χ2v) is 22.8. The molecule has 0 saturated carbocycles. The van der Waals surface area contributed by atoms with E-state index in [9.17, 15) is 4.79 Å². The van der Waals surface area contributed by atoms with E-state index in [1.54, 1.807) is 0 Å². The first-order chi connectivity index (χ1) is 7.89. The molecule has 17 heavy (non-hydrogen) atoms. The summed E-state index contributed by atoms with van der Waals surface area (Å²) in [7, 11) is 0. The normalized spacial score (nSPS) is 13.5. The number of carbonyl (C=O) groups excluding carboxylic acids is 1. The van der Waals surface area contributed by atoms with E-state index in [1.165, 1.54) is 32.1 Å². The maximum absolute atomic E-state index is 11.7. The summed E-state index contributed by atoms with van der Waals surface area (Å²) in [5.41, 5.74) is 0. The summed E-state index contributed by atoms with van der Waals surface area (Å²) in [6, 6.07) is 0. The Morgan fingerprint density at radius 2 is 1.65 bits per heavy atom. The fourth-order valence-corrected chi connectivity index (χ4v) is 3.82. The molecule has 0 saturated heterocycles. The van der Waals surface area contributed by atoms with Gasteiger partial charge in [0.2, 0.25) is 0 Å². The molecule has 2 nitrogen and oxygen atoms in total. The minimum atomic E-state index is -2.23. The van der Waals surface area contributed by atoms with E-state index in [0.29, 0.717) is 6.61 Å². The van der Waals surface area contributed by atoms with Gasteiger partial charge in [-0.25, -0.2) is 0 Å². The van der Waals surface area contributed by atoms with Crippen LogP contribution in [-0.2, 0) is 9.53 Å². The van der Waals surface area contributed by atoms with E-state index in [-0.39, 0.29) is 9.24 Å². The van der Waals surface area contributed by atoms with E-state index >= 15 is 0 Å². The quantitative estimate of drug-likeness (QED) is 0.288. The van der Waals surface area contributed by atoms with Crippen molar-refractivity contribution in [2.24, 2.45) is 0 Å². The average molecular weight is 367 g/mol. The second kappa shape index (κ2) is 9.54. The second-order valence-electron chi connectivity index (χ2n) is 5.70. The molecule has 0 N–H and O–H groups in total. The number of rotatable bonds is 9. The fraction of sp³-hybridized carbons (Fsp3) is 0.923. The SMILES string of the molecule is CCCCCCCCOC(=O)[CH](S)[Sn]([CH3])([CH3])[CH3]. The van der Waals surface area contributed by atoms with Gasteiger partial charge in [-0.3, -0.25) is 0 Å². The molecule has 0 spiro atoms. The van der Waals surface area contributed by atoms with Crippen molar-refractivity contribution < 1.29 is 9.53 Å². The third-order valence-electron chi connectivity index (χ3n) is 2.79. The van der Waals surface area contributed by atoms with Gasteiger partial charge in [0.25, 0.3) is 0 Å². The predicted molar refractivity (Wildman–Crippen MR) is 80.5 cm³/mol. The average Bonchev–Trinajstić information content (AvgIpc) is 2.25. The zero-order valence-corrected chi connectivity index (χ0v) is 15.5. The van der Waals surface area contributed by atoms with Gasteiger partial charge in [-0.15, -0.1) is 0 Å². The third kappa shape index (κ3) is 9.23. The van der Waals surface area contributed by atoms with Crippen molar-refractivity contribution in [3.8, 4) is 0 Å². The number of unbranched alkanes of at least 4 members (excludes halogenated alkanes) is 5. The zero-order chi connectivity index (χ0) is 13.3. The Labute approximate surface area is 116 Å². The molecule has 0 bridgehead atoms. The minimum absolute atomic E-state index is 0.0924. The molecule has 0 rings (SSSR count). The molecule has 0 aromatic rings. The standard InChI is InChI=1S/C10H19O2S.3CH3.Sn/c1-2-3-4-5-6-7-8-12-10(11)9-13;;;;/h9,13H,2-8H2,1H3;3*1H3;. The van der Waals surface area contributed by atoms with Crippen LogP contribution in [0.15, 0.2) is 0 Å². The topological polar surface area (TPSA) is 26.3 Å². The van der Waals surface area contributed by atoms with Crippen molar-refractivity contribution in [1.82, 2.24) is 0 Å². The molecule has 0 fully saturated rings. The predicted octanol–water partition coefficient (Wildman–Crippen LogP) is 4.07. The van der Waals surface area contributed by atoms with Gasteiger partial charge in [-0.05, 0) is 0 Å². The summed E-state index contributed by atoms with van der Waals surface area (Å²) >= 11 is 2.17. The van der Waals surface area contributed by atoms with Gasteiger partial charge in [0.15, 0.2) is 0 Å². The van der Waals surface area contributed by atoms with Crippen LogP contribution in [0.5, 0.6) is 0 Å². The molecule has 0 aliphatic rings. The molecule has 0 aromatic heterocycles. The van der Waals surface area contributed by atoms with E-state index in [2.05, 4.69) is 34.4 Å². The van der Waals surface area contributed by atoms with Gasteiger partial charge >= 0.3 is 117 Å². The molecule has 0 radical (unpaired) electrons. The number of esters is 1. The molecule has 1 atom stereocenters. The summed E-state index contributed by atoms with van der Waals surface area (Å²) < 4.78 is 5.15. The van der Waals surface area contributed by atoms with Gasteiger partial charge < -0.3 is 0 Å². The van der Waals surface area contributed by atoms with E-state index in [4.69, 9.17) is 4.74 Å². The number of thiol groups is 1. The van der Waals surface area contributed by atoms with Crippen molar-refractivity contribution in [1.29, 1.82) is 0 Å². The van der Waals surface area contributed by atoms with Crippen LogP contribution in [0.4, 0.5) is 0 Å². The van der Waals surface area contributed by atoms with Gasteiger partial charge in [0, 0.05) is 0 Å². The van der Waals surface area contributed by atoms with Crippen LogP contribution in [0.1, 0.15) is 45.4 Å². The van der Waals surface area contributed by atoms with Gasteiger partial charge in [-0.2, -0.15) is 0 Å². The first-order valence-electron chi connectivity index (χ1n) is 6.74. The summed E-state index contributed by atoms with van der Waals surface area (Å²) in [5, 5.41) is 0. The van der Waals surface area contributed by atoms with Crippen molar-refractivity contribution >= 4 is 37.0 Å². The van der Waals surface area contributed by atoms with E-state index in [0.717, 1.165) is 6.42 Å². The van der Waals surface area contributed by atoms with Crippen LogP contribution in [0.2, 0.25) is 14.8 Å². The molecule has 0 heterocycles. The van der Waals surface area contributed by atoms with Crippen molar-refractivity contribution in [2.75, 3.05) is 6.61 Å². The number of hydrogen-bond donors (Lipinski definition) is 1. The van der Waals surface area contributed by atoms with E-state index in [1.807, 2.05) is 0 Å². The molecule has 102 valence electrons. The number of hydrogen-bond acceptors (Lipinski definition) is 3. The van der Waals surface area contributed by atoms with Crippen molar-refractivity contribution in [3.05, 3.63) is 0 Å². The van der Waals surface area contributed by atoms with Crippen LogP contribution < -0.4 is 0 Å². The Morgan fingerprint density at radius 3 is 2.18 bits per heavy atom. The van der Waals surface area contributed by atoms with Crippen LogP contribution in [0.3, 0.4) is 0 Å². The first-order valence-corrected chi connectivity index (χ1v) is 17.5. The van der Waals surface area contributed by atoms with Crippen LogP contribution in [0, 0.1) is 0 Å². The molecule has 4 heteroatoms. The molecule has 0 aliphatic heterocycles. The van der Waals surface area contributed by atoms with Crippen molar-refractivity contribution in [3.63, 3.8) is 0 Å². The summed E-state index contributed by atoms with van der Waals surface area (Å²) in [5.74, 6) is -0.0924.